The Bertz CT molecular complexity index is 773. The Morgan fingerprint density at radius 2 is 2.24 bits per heavy atom. The van der Waals surface area contributed by atoms with E-state index in [1.165, 1.54) is 6.42 Å². The fraction of sp³-hybridized carbons (Fsp3) is 0.333. The molecule has 5 nitrogen and oxygen atoms in total. The molecule has 3 aromatic rings. The summed E-state index contributed by atoms with van der Waals surface area (Å²) < 4.78 is 8.71. The maximum atomic E-state index is 5.77. The van der Waals surface area contributed by atoms with Gasteiger partial charge in [0.05, 0.1) is 11.7 Å². The van der Waals surface area contributed by atoms with Gasteiger partial charge in [0.2, 0.25) is 0 Å². The van der Waals surface area contributed by atoms with Crippen LogP contribution in [0.15, 0.2) is 30.6 Å². The molecule has 1 unspecified atom stereocenters. The molecule has 1 N–H and O–H groups in total. The molecule has 0 saturated carbocycles. The molecule has 21 heavy (non-hydrogen) atoms. The number of aromatic amines is 1. The van der Waals surface area contributed by atoms with Crippen LogP contribution in [0.4, 0.5) is 0 Å². The van der Waals surface area contributed by atoms with Gasteiger partial charge in [-0.1, -0.05) is 6.07 Å². The van der Waals surface area contributed by atoms with Gasteiger partial charge < -0.3 is 4.74 Å². The van der Waals surface area contributed by atoms with Crippen molar-refractivity contribution in [2.24, 2.45) is 0 Å². The van der Waals surface area contributed by atoms with E-state index in [1.807, 2.05) is 10.9 Å². The number of ether oxygens (including phenoxy) is 1. The third-order valence-electron chi connectivity index (χ3n) is 3.90. The second kappa shape index (κ2) is 5.42. The summed E-state index contributed by atoms with van der Waals surface area (Å²) in [5.74, 6) is 0. The van der Waals surface area contributed by atoms with Crippen molar-refractivity contribution in [2.75, 3.05) is 6.61 Å². The maximum Gasteiger partial charge on any atom is 0.150 e. The van der Waals surface area contributed by atoms with Crippen LogP contribution in [-0.2, 0) is 4.74 Å². The first-order chi connectivity index (χ1) is 10.3. The molecule has 3 heterocycles. The minimum Gasteiger partial charge on any atom is -0.357 e. The summed E-state index contributed by atoms with van der Waals surface area (Å²) in [6.45, 7) is 0.832. The molecule has 6 heteroatoms. The Morgan fingerprint density at radius 1 is 1.29 bits per heavy atom. The van der Waals surface area contributed by atoms with Gasteiger partial charge in [-0.15, -0.1) is 0 Å². The first kappa shape index (κ1) is 13.3. The molecule has 1 aliphatic heterocycles. The second-order valence-corrected chi connectivity index (χ2v) is 6.33. The van der Waals surface area contributed by atoms with Gasteiger partial charge in [0.25, 0.3) is 0 Å². The standard InChI is InChI=1S/C15H15IN4O/c16-15-12-5-4-10(7-13(12)18-19-15)11-8-17-20(9-11)14-3-1-2-6-21-14/h4-5,7-9,14H,1-3,6H2,(H,18,19). The van der Waals surface area contributed by atoms with Crippen LogP contribution in [0.1, 0.15) is 25.5 Å². The van der Waals surface area contributed by atoms with E-state index in [2.05, 4.69) is 62.3 Å². The maximum absolute atomic E-state index is 5.77. The minimum absolute atomic E-state index is 0.0873. The summed E-state index contributed by atoms with van der Waals surface area (Å²) in [6.07, 6.45) is 7.46. The van der Waals surface area contributed by atoms with Crippen molar-refractivity contribution in [3.63, 3.8) is 0 Å². The summed E-state index contributed by atoms with van der Waals surface area (Å²) in [4.78, 5) is 0. The molecule has 1 saturated heterocycles. The number of aromatic nitrogens is 4. The molecule has 0 bridgehead atoms. The highest BCUT2D eigenvalue weighted by molar-refractivity contribution is 14.1. The Labute approximate surface area is 135 Å². The van der Waals surface area contributed by atoms with Crippen molar-refractivity contribution in [3.8, 4) is 11.1 Å². The predicted molar refractivity (Wildman–Crippen MR) is 88.9 cm³/mol. The fourth-order valence-electron chi connectivity index (χ4n) is 2.74. The highest BCUT2D eigenvalue weighted by atomic mass is 127. The lowest BCUT2D eigenvalue weighted by Gasteiger charge is -2.22. The first-order valence-electron chi connectivity index (χ1n) is 7.11. The average Bonchev–Trinajstić information content (AvgIpc) is 3.15. The van der Waals surface area contributed by atoms with Crippen LogP contribution in [0.2, 0.25) is 0 Å². The number of fused-ring (bicyclic) bond motifs is 1. The van der Waals surface area contributed by atoms with Gasteiger partial charge >= 0.3 is 0 Å². The summed E-state index contributed by atoms with van der Waals surface area (Å²) in [5, 5.41) is 12.9. The van der Waals surface area contributed by atoms with Crippen molar-refractivity contribution in [2.45, 2.75) is 25.5 Å². The zero-order valence-corrected chi connectivity index (χ0v) is 13.6. The van der Waals surface area contributed by atoms with Crippen LogP contribution in [0.3, 0.4) is 0 Å². The fourth-order valence-corrected chi connectivity index (χ4v) is 3.33. The highest BCUT2D eigenvalue weighted by Crippen LogP contribution is 2.27. The minimum atomic E-state index is 0.0873. The summed E-state index contributed by atoms with van der Waals surface area (Å²) >= 11 is 2.24. The number of hydrogen-bond acceptors (Lipinski definition) is 3. The number of halogens is 1. The Balaban J connectivity index is 1.66. The molecular formula is C15H15IN4O. The van der Waals surface area contributed by atoms with Crippen LogP contribution in [0.25, 0.3) is 22.0 Å². The van der Waals surface area contributed by atoms with E-state index in [9.17, 15) is 0 Å². The van der Waals surface area contributed by atoms with Crippen molar-refractivity contribution >= 4 is 33.5 Å². The molecule has 1 aliphatic rings. The zero-order valence-electron chi connectivity index (χ0n) is 11.4. The number of rotatable bonds is 2. The molecule has 2 aromatic heterocycles. The van der Waals surface area contributed by atoms with Crippen molar-refractivity contribution < 1.29 is 4.74 Å². The zero-order chi connectivity index (χ0) is 14.2. The van der Waals surface area contributed by atoms with Gasteiger partial charge in [-0.05, 0) is 59.5 Å². The van der Waals surface area contributed by atoms with Crippen molar-refractivity contribution in [3.05, 3.63) is 34.3 Å². The average molecular weight is 394 g/mol. The van der Waals surface area contributed by atoms with Crippen molar-refractivity contribution in [1.29, 1.82) is 0 Å². The number of H-pyrrole nitrogens is 1. The molecule has 0 radical (unpaired) electrons. The van der Waals surface area contributed by atoms with E-state index in [0.29, 0.717) is 0 Å². The number of hydrogen-bond donors (Lipinski definition) is 1. The van der Waals surface area contributed by atoms with E-state index < -0.39 is 0 Å². The SMILES string of the molecule is Ic1n[nH]c2cc(-c3cnn(C4CCCCO4)c3)ccc12. The number of nitrogens with one attached hydrogen (secondary N) is 1. The number of benzene rings is 1. The molecule has 1 atom stereocenters. The van der Waals surface area contributed by atoms with E-state index in [4.69, 9.17) is 4.74 Å². The van der Waals surface area contributed by atoms with Gasteiger partial charge in [0.1, 0.15) is 9.93 Å². The molecule has 1 fully saturated rings. The van der Waals surface area contributed by atoms with Gasteiger partial charge in [0, 0.05) is 23.8 Å². The highest BCUT2D eigenvalue weighted by Gasteiger charge is 2.17. The lowest BCUT2D eigenvalue weighted by atomic mass is 10.1. The number of nitrogens with zero attached hydrogens (tertiary/aromatic N) is 3. The molecule has 1 aromatic carbocycles. The van der Waals surface area contributed by atoms with E-state index in [-0.39, 0.29) is 6.23 Å². The molecular weight excluding hydrogens is 379 g/mol. The Morgan fingerprint density at radius 3 is 3.10 bits per heavy atom. The summed E-state index contributed by atoms with van der Waals surface area (Å²) in [5.41, 5.74) is 3.30. The Hall–Kier alpha value is -1.41. The molecule has 0 amide bonds. The van der Waals surface area contributed by atoms with E-state index >= 15 is 0 Å². The van der Waals surface area contributed by atoms with Crippen LogP contribution >= 0.6 is 22.6 Å². The largest absolute Gasteiger partial charge is 0.357 e. The quantitative estimate of drug-likeness (QED) is 0.674. The monoisotopic (exact) mass is 394 g/mol. The molecule has 108 valence electrons. The van der Waals surface area contributed by atoms with Gasteiger partial charge in [-0.25, -0.2) is 4.68 Å². The third kappa shape index (κ3) is 2.46. The smallest absolute Gasteiger partial charge is 0.150 e. The normalized spacial score (nSPS) is 19.2. The molecule has 4 rings (SSSR count). The summed E-state index contributed by atoms with van der Waals surface area (Å²) in [7, 11) is 0. The van der Waals surface area contributed by atoms with Crippen molar-refractivity contribution in [1.82, 2.24) is 20.0 Å². The van der Waals surface area contributed by atoms with Crippen LogP contribution in [0, 0.1) is 3.70 Å². The predicted octanol–water partition coefficient (Wildman–Crippen LogP) is 3.73. The summed E-state index contributed by atoms with van der Waals surface area (Å²) in [6, 6.07) is 6.33. The third-order valence-corrected chi connectivity index (χ3v) is 4.72. The molecule has 0 aliphatic carbocycles. The van der Waals surface area contributed by atoms with Gasteiger partial charge in [-0.2, -0.15) is 10.2 Å². The van der Waals surface area contributed by atoms with Crippen LogP contribution in [-0.4, -0.2) is 26.6 Å². The molecule has 0 spiro atoms. The van der Waals surface area contributed by atoms with Gasteiger partial charge in [-0.3, -0.25) is 5.10 Å². The van der Waals surface area contributed by atoms with Crippen LogP contribution in [0.5, 0.6) is 0 Å². The Kier molecular flexibility index (Phi) is 3.42. The topological polar surface area (TPSA) is 55.7 Å². The van der Waals surface area contributed by atoms with Crippen LogP contribution < -0.4 is 0 Å². The van der Waals surface area contributed by atoms with E-state index in [0.717, 1.165) is 45.2 Å². The second-order valence-electron chi connectivity index (χ2n) is 5.31. The lowest BCUT2D eigenvalue weighted by Crippen LogP contribution is -2.18. The van der Waals surface area contributed by atoms with Gasteiger partial charge in [0.15, 0.2) is 0 Å². The first-order valence-corrected chi connectivity index (χ1v) is 8.19. The lowest BCUT2D eigenvalue weighted by molar-refractivity contribution is -0.0394. The van der Waals surface area contributed by atoms with E-state index in [1.54, 1.807) is 0 Å².